The quantitative estimate of drug-likeness (QED) is 0.367. The molecule has 0 spiro atoms. The van der Waals surface area contributed by atoms with E-state index in [1.807, 2.05) is 0 Å². The van der Waals surface area contributed by atoms with E-state index in [9.17, 15) is 9.59 Å². The minimum absolute atomic E-state index is 0.160. The van der Waals surface area contributed by atoms with Crippen molar-refractivity contribution in [3.63, 3.8) is 0 Å². The number of nitrogens with one attached hydrogen (secondary N) is 3. The Labute approximate surface area is 181 Å². The van der Waals surface area contributed by atoms with E-state index in [-0.39, 0.29) is 23.0 Å². The molecule has 0 atom stereocenters. The van der Waals surface area contributed by atoms with Crippen molar-refractivity contribution in [2.45, 2.75) is 0 Å². The van der Waals surface area contributed by atoms with E-state index in [1.54, 1.807) is 24.5 Å². The van der Waals surface area contributed by atoms with E-state index in [1.165, 1.54) is 38.7 Å². The summed E-state index contributed by atoms with van der Waals surface area (Å²) in [5.41, 5.74) is 1.38. The van der Waals surface area contributed by atoms with Crippen LogP contribution in [0, 0.1) is 0 Å². The van der Waals surface area contributed by atoms with Crippen molar-refractivity contribution in [1.29, 1.82) is 0 Å². The molecule has 162 valence electrons. The molecule has 4 rings (SSSR count). The highest BCUT2D eigenvalue weighted by Crippen LogP contribution is 2.22. The summed E-state index contributed by atoms with van der Waals surface area (Å²) in [6, 6.07) is 9.67. The summed E-state index contributed by atoms with van der Waals surface area (Å²) in [6.07, 6.45) is 2.86. The van der Waals surface area contributed by atoms with Crippen molar-refractivity contribution in [3.8, 4) is 11.5 Å². The maximum absolute atomic E-state index is 12.0. The zero-order valence-corrected chi connectivity index (χ0v) is 16.9. The standard InChI is InChI=1S/C20H17N7O5/c1-30-17(28)11-6-12(18(29)31-2)8-13(7-11)23-19-21-10-22-20(25-19)24-16-9-14(26-27-16)15-4-3-5-32-15/h3-10H,1-2H3,(H3,21,22,23,24,25,26,27). The number of carbonyl (C=O) groups is 2. The van der Waals surface area contributed by atoms with Crippen LogP contribution in [-0.2, 0) is 9.47 Å². The number of methoxy groups -OCH3 is 2. The lowest BCUT2D eigenvalue weighted by molar-refractivity contribution is 0.0599. The summed E-state index contributed by atoms with van der Waals surface area (Å²) in [5, 5.41) is 12.9. The maximum atomic E-state index is 12.0. The lowest BCUT2D eigenvalue weighted by atomic mass is 10.1. The first-order chi connectivity index (χ1) is 15.6. The molecule has 0 unspecified atom stereocenters. The zero-order chi connectivity index (χ0) is 22.5. The second kappa shape index (κ2) is 8.95. The van der Waals surface area contributed by atoms with Crippen LogP contribution in [0.3, 0.4) is 0 Å². The van der Waals surface area contributed by atoms with Crippen LogP contribution < -0.4 is 10.6 Å². The number of rotatable bonds is 7. The molecule has 0 aliphatic carbocycles. The molecule has 0 amide bonds. The Bertz CT molecular complexity index is 1220. The number of anilines is 4. The summed E-state index contributed by atoms with van der Waals surface area (Å²) in [4.78, 5) is 36.3. The number of carbonyl (C=O) groups excluding carboxylic acids is 2. The van der Waals surface area contributed by atoms with E-state index in [0.717, 1.165) is 0 Å². The monoisotopic (exact) mass is 435 g/mol. The second-order valence-corrected chi connectivity index (χ2v) is 6.31. The highest BCUT2D eigenvalue weighted by atomic mass is 16.5. The molecule has 0 saturated heterocycles. The van der Waals surface area contributed by atoms with Crippen molar-refractivity contribution < 1.29 is 23.5 Å². The third kappa shape index (κ3) is 4.53. The van der Waals surface area contributed by atoms with Gasteiger partial charge in [0.2, 0.25) is 11.9 Å². The molecule has 0 radical (unpaired) electrons. The fraction of sp³-hybridized carbons (Fsp3) is 0.100. The van der Waals surface area contributed by atoms with Crippen LogP contribution in [0.25, 0.3) is 11.5 Å². The predicted octanol–water partition coefficient (Wildman–Crippen LogP) is 2.92. The molecule has 1 aromatic carbocycles. The van der Waals surface area contributed by atoms with Gasteiger partial charge in [-0.05, 0) is 30.3 Å². The van der Waals surface area contributed by atoms with Crippen LogP contribution in [0.2, 0.25) is 0 Å². The normalized spacial score (nSPS) is 10.4. The van der Waals surface area contributed by atoms with Crippen molar-refractivity contribution in [3.05, 3.63) is 60.1 Å². The summed E-state index contributed by atoms with van der Waals surface area (Å²) in [6.45, 7) is 0. The minimum atomic E-state index is -0.609. The van der Waals surface area contributed by atoms with E-state index >= 15 is 0 Å². The topological polar surface area (TPSA) is 157 Å². The Morgan fingerprint density at radius 2 is 1.66 bits per heavy atom. The molecule has 0 fully saturated rings. The molecule has 12 heteroatoms. The van der Waals surface area contributed by atoms with E-state index in [4.69, 9.17) is 13.9 Å². The molecule has 0 bridgehead atoms. The SMILES string of the molecule is COC(=O)c1cc(Nc2ncnc(Nc3cc(-c4ccco4)[nH]n3)n2)cc(C(=O)OC)c1. The maximum Gasteiger partial charge on any atom is 0.337 e. The highest BCUT2D eigenvalue weighted by Gasteiger charge is 2.15. The van der Waals surface area contributed by atoms with Crippen LogP contribution in [0.1, 0.15) is 20.7 Å². The van der Waals surface area contributed by atoms with Crippen LogP contribution >= 0.6 is 0 Å². The highest BCUT2D eigenvalue weighted by molar-refractivity contribution is 5.97. The third-order valence-corrected chi connectivity index (χ3v) is 4.21. The van der Waals surface area contributed by atoms with Crippen molar-refractivity contribution >= 4 is 35.3 Å². The van der Waals surface area contributed by atoms with Gasteiger partial charge in [0.1, 0.15) is 12.0 Å². The van der Waals surface area contributed by atoms with Crippen LogP contribution in [0.4, 0.5) is 23.4 Å². The first-order valence-corrected chi connectivity index (χ1v) is 9.20. The Hall–Kier alpha value is -4.74. The van der Waals surface area contributed by atoms with Gasteiger partial charge in [-0.3, -0.25) is 5.10 Å². The van der Waals surface area contributed by atoms with Gasteiger partial charge < -0.3 is 24.5 Å². The molecule has 0 saturated carbocycles. The number of esters is 2. The van der Waals surface area contributed by atoms with Gasteiger partial charge in [-0.15, -0.1) is 0 Å². The van der Waals surface area contributed by atoms with Gasteiger partial charge in [-0.1, -0.05) is 0 Å². The fourth-order valence-corrected chi connectivity index (χ4v) is 2.78. The number of ether oxygens (including phenoxy) is 2. The van der Waals surface area contributed by atoms with Gasteiger partial charge in [0.15, 0.2) is 11.6 Å². The van der Waals surface area contributed by atoms with Gasteiger partial charge in [-0.25, -0.2) is 19.6 Å². The van der Waals surface area contributed by atoms with Crippen LogP contribution in [0.15, 0.2) is 53.4 Å². The van der Waals surface area contributed by atoms with E-state index < -0.39 is 11.9 Å². The summed E-state index contributed by atoms with van der Waals surface area (Å²) in [5.74, 6) is 0.273. The van der Waals surface area contributed by atoms with E-state index in [0.29, 0.717) is 23.0 Å². The van der Waals surface area contributed by atoms with Gasteiger partial charge >= 0.3 is 11.9 Å². The lowest BCUT2D eigenvalue weighted by Crippen LogP contribution is -2.09. The number of aromatic amines is 1. The number of nitrogens with zero attached hydrogens (tertiary/aromatic N) is 4. The Morgan fingerprint density at radius 3 is 2.28 bits per heavy atom. The van der Waals surface area contributed by atoms with Crippen LogP contribution in [0.5, 0.6) is 0 Å². The number of hydrogen-bond donors (Lipinski definition) is 3. The smallest absolute Gasteiger partial charge is 0.337 e. The molecule has 3 heterocycles. The van der Waals surface area contributed by atoms with Gasteiger partial charge in [-0.2, -0.15) is 10.1 Å². The minimum Gasteiger partial charge on any atom is -0.465 e. The molecule has 4 aromatic rings. The second-order valence-electron chi connectivity index (χ2n) is 6.31. The van der Waals surface area contributed by atoms with Gasteiger partial charge in [0.25, 0.3) is 0 Å². The Kier molecular flexibility index (Phi) is 5.74. The van der Waals surface area contributed by atoms with E-state index in [2.05, 4.69) is 35.8 Å². The largest absolute Gasteiger partial charge is 0.465 e. The molecule has 3 aromatic heterocycles. The first kappa shape index (κ1) is 20.5. The Balaban J connectivity index is 1.55. The van der Waals surface area contributed by atoms with Gasteiger partial charge in [0, 0.05) is 11.8 Å². The molecule has 32 heavy (non-hydrogen) atoms. The predicted molar refractivity (Wildman–Crippen MR) is 112 cm³/mol. The number of benzene rings is 1. The van der Waals surface area contributed by atoms with Gasteiger partial charge in [0.05, 0.1) is 31.6 Å². The number of furan rings is 1. The number of H-pyrrole nitrogens is 1. The molecular formula is C20H17N7O5. The van der Waals surface area contributed by atoms with Crippen molar-refractivity contribution in [2.75, 3.05) is 24.9 Å². The Morgan fingerprint density at radius 1 is 0.969 bits per heavy atom. The summed E-state index contributed by atoms with van der Waals surface area (Å²) in [7, 11) is 2.49. The summed E-state index contributed by atoms with van der Waals surface area (Å²) >= 11 is 0. The zero-order valence-electron chi connectivity index (χ0n) is 16.9. The molecule has 0 aliphatic heterocycles. The third-order valence-electron chi connectivity index (χ3n) is 4.21. The number of aromatic nitrogens is 5. The molecule has 12 nitrogen and oxygen atoms in total. The van der Waals surface area contributed by atoms with Crippen molar-refractivity contribution in [2.24, 2.45) is 0 Å². The fourth-order valence-electron chi connectivity index (χ4n) is 2.78. The van der Waals surface area contributed by atoms with Crippen LogP contribution in [-0.4, -0.2) is 51.3 Å². The number of hydrogen-bond acceptors (Lipinski definition) is 11. The molecule has 3 N–H and O–H groups in total. The average Bonchev–Trinajstić information content (AvgIpc) is 3.50. The average molecular weight is 435 g/mol. The summed E-state index contributed by atoms with van der Waals surface area (Å²) < 4.78 is 14.8. The molecular weight excluding hydrogens is 418 g/mol. The first-order valence-electron chi connectivity index (χ1n) is 9.20. The molecule has 0 aliphatic rings. The van der Waals surface area contributed by atoms with Crippen molar-refractivity contribution in [1.82, 2.24) is 25.1 Å². The lowest BCUT2D eigenvalue weighted by Gasteiger charge is -2.10.